The van der Waals surface area contributed by atoms with Crippen molar-refractivity contribution in [2.45, 2.75) is 0 Å². The van der Waals surface area contributed by atoms with E-state index in [9.17, 15) is 5.26 Å². The van der Waals surface area contributed by atoms with Gasteiger partial charge in [-0.05, 0) is 66.7 Å². The van der Waals surface area contributed by atoms with Gasteiger partial charge >= 0.3 is 0 Å². The molecule has 0 fully saturated rings. The van der Waals surface area contributed by atoms with Gasteiger partial charge in [0.2, 0.25) is 0 Å². The summed E-state index contributed by atoms with van der Waals surface area (Å²) in [5, 5.41) is 14.1. The van der Waals surface area contributed by atoms with Crippen molar-refractivity contribution >= 4 is 54.8 Å². The molecule has 6 aromatic carbocycles. The Bertz CT molecular complexity index is 2560. The van der Waals surface area contributed by atoms with Crippen LogP contribution in [0.3, 0.4) is 0 Å². The summed E-state index contributed by atoms with van der Waals surface area (Å²) in [6, 6.07) is 47.7. The van der Waals surface area contributed by atoms with Crippen molar-refractivity contribution in [3.8, 4) is 28.8 Å². The Kier molecular flexibility index (Phi) is 4.90. The van der Waals surface area contributed by atoms with Crippen molar-refractivity contribution in [2.24, 2.45) is 0 Å². The molecule has 3 heterocycles. The van der Waals surface area contributed by atoms with Crippen molar-refractivity contribution in [2.75, 3.05) is 0 Å². The zero-order valence-electron chi connectivity index (χ0n) is 22.9. The second kappa shape index (κ2) is 8.94. The number of benzene rings is 6. The predicted molar refractivity (Wildman–Crippen MR) is 173 cm³/mol. The molecule has 0 atom stereocenters. The highest BCUT2D eigenvalue weighted by atomic mass is 16.3. The minimum Gasteiger partial charge on any atom is -0.455 e. The van der Waals surface area contributed by atoms with E-state index in [1.165, 1.54) is 0 Å². The van der Waals surface area contributed by atoms with Crippen LogP contribution < -0.4 is 0 Å². The minimum absolute atomic E-state index is 0.604. The molecule has 0 saturated heterocycles. The summed E-state index contributed by atoms with van der Waals surface area (Å²) < 4.78 is 10.9. The van der Waals surface area contributed by atoms with Crippen molar-refractivity contribution in [3.05, 3.63) is 139 Å². The molecule has 3 aromatic heterocycles. The fourth-order valence-electron chi connectivity index (χ4n) is 6.45. The van der Waals surface area contributed by atoms with Gasteiger partial charge in [-0.1, -0.05) is 66.7 Å². The molecule has 0 unspecified atom stereocenters. The quantitative estimate of drug-likeness (QED) is 0.220. The van der Waals surface area contributed by atoms with Gasteiger partial charge in [-0.15, -0.1) is 0 Å². The van der Waals surface area contributed by atoms with E-state index in [1.54, 1.807) is 0 Å². The fourth-order valence-corrected chi connectivity index (χ4v) is 6.45. The molecule has 9 rings (SSSR count). The molecule has 5 heteroatoms. The van der Waals surface area contributed by atoms with Crippen LogP contribution in [-0.2, 0) is 0 Å². The van der Waals surface area contributed by atoms with Crippen LogP contribution in [0.25, 0.3) is 77.5 Å². The Morgan fingerprint density at radius 2 is 1.30 bits per heavy atom. The van der Waals surface area contributed by atoms with Gasteiger partial charge in [-0.25, -0.2) is 4.98 Å². The summed E-state index contributed by atoms with van der Waals surface area (Å²) in [5.41, 5.74) is 9.41. The SMILES string of the molecule is N#Cc1ccc2nc(-c3ccccc3)n(-c3ccc(-n4c5ccccc5c5c6oc7ccccc7c6ccc54)cc3)c2c1. The largest absolute Gasteiger partial charge is 0.455 e. The zero-order chi connectivity index (χ0) is 28.5. The molecule has 0 amide bonds. The van der Waals surface area contributed by atoms with E-state index in [2.05, 4.69) is 100 Å². The van der Waals surface area contributed by atoms with Gasteiger partial charge in [0.1, 0.15) is 17.0 Å². The van der Waals surface area contributed by atoms with Crippen LogP contribution in [-0.4, -0.2) is 14.1 Å². The third-order valence-electron chi connectivity index (χ3n) is 8.36. The lowest BCUT2D eigenvalue weighted by Crippen LogP contribution is -1.99. The molecule has 0 aliphatic heterocycles. The molecule has 0 saturated carbocycles. The van der Waals surface area contributed by atoms with Crippen molar-refractivity contribution in [1.29, 1.82) is 5.26 Å². The molecule has 0 aliphatic rings. The Morgan fingerprint density at radius 3 is 2.12 bits per heavy atom. The van der Waals surface area contributed by atoms with Crippen molar-refractivity contribution < 1.29 is 4.42 Å². The van der Waals surface area contributed by atoms with E-state index in [0.29, 0.717) is 5.56 Å². The van der Waals surface area contributed by atoms with Crippen LogP contribution in [0.2, 0.25) is 0 Å². The molecule has 0 spiro atoms. The molecule has 43 heavy (non-hydrogen) atoms. The van der Waals surface area contributed by atoms with Gasteiger partial charge in [0.15, 0.2) is 0 Å². The number of nitrogens with zero attached hydrogens (tertiary/aromatic N) is 4. The molecule has 0 N–H and O–H groups in total. The van der Waals surface area contributed by atoms with Gasteiger partial charge in [0, 0.05) is 33.1 Å². The monoisotopic (exact) mass is 550 g/mol. The van der Waals surface area contributed by atoms with E-state index in [0.717, 1.165) is 77.5 Å². The summed E-state index contributed by atoms with van der Waals surface area (Å²) in [7, 11) is 0. The Balaban J connectivity index is 1.27. The van der Waals surface area contributed by atoms with Crippen molar-refractivity contribution in [1.82, 2.24) is 14.1 Å². The lowest BCUT2D eigenvalue weighted by Gasteiger charge is -2.12. The maximum Gasteiger partial charge on any atom is 0.145 e. The van der Waals surface area contributed by atoms with Gasteiger partial charge < -0.3 is 8.98 Å². The third-order valence-corrected chi connectivity index (χ3v) is 8.36. The average molecular weight is 551 g/mol. The van der Waals surface area contributed by atoms with Crippen LogP contribution in [0.15, 0.2) is 138 Å². The first-order chi connectivity index (χ1) is 21.3. The minimum atomic E-state index is 0.604. The highest BCUT2D eigenvalue weighted by Gasteiger charge is 2.19. The predicted octanol–water partition coefficient (Wildman–Crippen LogP) is 9.56. The Morgan fingerprint density at radius 1 is 0.581 bits per heavy atom. The maximum absolute atomic E-state index is 9.62. The average Bonchev–Trinajstić information content (AvgIpc) is 3.74. The number of hydrogen-bond donors (Lipinski definition) is 0. The lowest BCUT2D eigenvalue weighted by atomic mass is 10.1. The molecular weight excluding hydrogens is 528 g/mol. The molecule has 9 aromatic rings. The number of rotatable bonds is 3. The number of imidazole rings is 1. The standard InChI is InChI=1S/C38H22N4O/c39-23-24-14-20-31-34(22-24)42(38(40-31)25-8-2-1-3-9-25)27-17-15-26(16-18-27)41-32-12-6-4-11-30(32)36-33(41)21-19-29-28-10-5-7-13-35(28)43-37(29)36/h1-22H. The molecule has 200 valence electrons. The second-order valence-corrected chi connectivity index (χ2v) is 10.8. The number of aromatic nitrogens is 3. The van der Waals surface area contributed by atoms with Crippen LogP contribution in [0, 0.1) is 11.3 Å². The second-order valence-electron chi connectivity index (χ2n) is 10.8. The first kappa shape index (κ1) is 23.6. The van der Waals surface area contributed by atoms with Gasteiger partial charge in [0.05, 0.1) is 39.1 Å². The Hall–Kier alpha value is -6.12. The molecule has 5 nitrogen and oxygen atoms in total. The number of para-hydroxylation sites is 2. The summed E-state index contributed by atoms with van der Waals surface area (Å²) in [5.74, 6) is 0.836. The first-order valence-electron chi connectivity index (χ1n) is 14.2. The van der Waals surface area contributed by atoms with E-state index in [-0.39, 0.29) is 0 Å². The highest BCUT2D eigenvalue weighted by molar-refractivity contribution is 6.23. The third kappa shape index (κ3) is 3.41. The maximum atomic E-state index is 9.62. The summed E-state index contributed by atoms with van der Waals surface area (Å²) in [4.78, 5) is 4.97. The summed E-state index contributed by atoms with van der Waals surface area (Å²) in [6.07, 6.45) is 0. The van der Waals surface area contributed by atoms with Crippen molar-refractivity contribution in [3.63, 3.8) is 0 Å². The zero-order valence-corrected chi connectivity index (χ0v) is 22.9. The van der Waals surface area contributed by atoms with Gasteiger partial charge in [-0.3, -0.25) is 4.57 Å². The molecule has 0 radical (unpaired) electrons. The topological polar surface area (TPSA) is 59.7 Å². The van der Waals surface area contributed by atoms with Gasteiger partial charge in [0.25, 0.3) is 0 Å². The smallest absolute Gasteiger partial charge is 0.145 e. The molecule has 0 aliphatic carbocycles. The number of hydrogen-bond acceptors (Lipinski definition) is 3. The first-order valence-corrected chi connectivity index (χ1v) is 14.2. The highest BCUT2D eigenvalue weighted by Crippen LogP contribution is 2.40. The number of nitriles is 1. The van der Waals surface area contributed by atoms with Crippen LogP contribution in [0.5, 0.6) is 0 Å². The number of furan rings is 1. The molecule has 0 bridgehead atoms. The van der Waals surface area contributed by atoms with E-state index in [1.807, 2.05) is 48.5 Å². The van der Waals surface area contributed by atoms with E-state index in [4.69, 9.17) is 9.40 Å². The normalized spacial score (nSPS) is 11.7. The van der Waals surface area contributed by atoms with E-state index >= 15 is 0 Å². The molecular formula is C38H22N4O. The van der Waals surface area contributed by atoms with Gasteiger partial charge in [-0.2, -0.15) is 5.26 Å². The van der Waals surface area contributed by atoms with Crippen LogP contribution >= 0.6 is 0 Å². The van der Waals surface area contributed by atoms with Crippen LogP contribution in [0.1, 0.15) is 5.56 Å². The lowest BCUT2D eigenvalue weighted by molar-refractivity contribution is 0.673. The van der Waals surface area contributed by atoms with Crippen LogP contribution in [0.4, 0.5) is 0 Å². The Labute approximate surface area is 246 Å². The number of fused-ring (bicyclic) bond motifs is 8. The summed E-state index contributed by atoms with van der Waals surface area (Å²) in [6.45, 7) is 0. The summed E-state index contributed by atoms with van der Waals surface area (Å²) >= 11 is 0. The van der Waals surface area contributed by atoms with E-state index < -0.39 is 0 Å². The fraction of sp³-hybridized carbons (Fsp3) is 0.